The molecule has 0 aliphatic rings. The van der Waals surface area contributed by atoms with Crippen LogP contribution in [0.2, 0.25) is 0 Å². The van der Waals surface area contributed by atoms with Gasteiger partial charge >= 0.3 is 0 Å². The van der Waals surface area contributed by atoms with Gasteiger partial charge in [0.15, 0.2) is 0 Å². The molecule has 0 saturated heterocycles. The lowest BCUT2D eigenvalue weighted by atomic mass is 10.1. The Kier molecular flexibility index (Phi) is 4.65. The van der Waals surface area contributed by atoms with Crippen LogP contribution in [-0.4, -0.2) is 14.1 Å². The first-order valence-corrected chi connectivity index (χ1v) is 15.0. The van der Waals surface area contributed by atoms with Crippen LogP contribution in [0.15, 0.2) is 127 Å². The molecule has 0 fully saturated rings. The molecule has 0 radical (unpaired) electrons. The fraction of sp³-hybridized carbons (Fsp3) is 0. The summed E-state index contributed by atoms with van der Waals surface area (Å²) in [6.07, 6.45) is 0. The van der Waals surface area contributed by atoms with Crippen LogP contribution in [0.1, 0.15) is 0 Å². The fourth-order valence-corrected chi connectivity index (χ4v) is 8.71. The van der Waals surface area contributed by atoms with Crippen molar-refractivity contribution in [3.05, 3.63) is 127 Å². The van der Waals surface area contributed by atoms with Gasteiger partial charge in [-0.2, -0.15) is 0 Å². The van der Waals surface area contributed by atoms with Gasteiger partial charge in [-0.1, -0.05) is 66.7 Å². The number of fused-ring (bicyclic) bond motifs is 8. The maximum atomic E-state index is 5.14. The molecule has 0 bridgehead atoms. The Bertz CT molecular complexity index is 2370. The Morgan fingerprint density at radius 3 is 2.02 bits per heavy atom. The van der Waals surface area contributed by atoms with Crippen molar-refractivity contribution in [2.24, 2.45) is 0 Å². The first-order valence-electron chi connectivity index (χ1n) is 13.3. The molecule has 0 N–H and O–H groups in total. The summed E-state index contributed by atoms with van der Waals surface area (Å²) >= 11 is 3.81. The number of imidazole rings is 1. The van der Waals surface area contributed by atoms with Crippen LogP contribution in [0.3, 0.4) is 0 Å². The standard InChI is InChI=1S/C35H21N3S2/c1-3-11-23(12-4-1)37-28-17-9-7-15-25(28)33-32(37)31-26-21-22(19-20-30(26)39-35(31)40-33)34-36-27-16-8-10-18-29(27)38(34)24-13-5-2-6-14-24/h1-21H. The Labute approximate surface area is 237 Å². The zero-order valence-corrected chi connectivity index (χ0v) is 22.9. The summed E-state index contributed by atoms with van der Waals surface area (Å²) in [6, 6.07) is 45.3. The molecule has 0 unspecified atom stereocenters. The quantitative estimate of drug-likeness (QED) is 0.216. The average Bonchev–Trinajstić information content (AvgIpc) is 3.74. The summed E-state index contributed by atoms with van der Waals surface area (Å²) in [5.74, 6) is 0.962. The van der Waals surface area contributed by atoms with Crippen LogP contribution < -0.4 is 0 Å². The number of hydrogen-bond acceptors (Lipinski definition) is 3. The molecule has 0 aliphatic carbocycles. The molecule has 5 aromatic carbocycles. The Morgan fingerprint density at radius 1 is 0.550 bits per heavy atom. The third-order valence-corrected chi connectivity index (χ3v) is 10.2. The van der Waals surface area contributed by atoms with Crippen LogP contribution in [-0.2, 0) is 0 Å². The van der Waals surface area contributed by atoms with Crippen LogP contribution in [0.25, 0.3) is 74.4 Å². The van der Waals surface area contributed by atoms with E-state index >= 15 is 0 Å². The van der Waals surface area contributed by atoms with Gasteiger partial charge in [0.25, 0.3) is 0 Å². The molecule has 40 heavy (non-hydrogen) atoms. The first kappa shape index (κ1) is 22.1. The molecule has 3 nitrogen and oxygen atoms in total. The van der Waals surface area contributed by atoms with E-state index in [-0.39, 0.29) is 0 Å². The van der Waals surface area contributed by atoms with Gasteiger partial charge < -0.3 is 4.57 Å². The largest absolute Gasteiger partial charge is 0.308 e. The molecule has 188 valence electrons. The van der Waals surface area contributed by atoms with Gasteiger partial charge in [-0.15, -0.1) is 22.7 Å². The van der Waals surface area contributed by atoms with Gasteiger partial charge in [-0.05, 0) is 60.7 Å². The second-order valence-corrected chi connectivity index (χ2v) is 12.4. The summed E-state index contributed by atoms with van der Waals surface area (Å²) in [5.41, 5.74) is 8.08. The highest BCUT2D eigenvalue weighted by Gasteiger charge is 2.22. The fourth-order valence-electron chi connectivity index (χ4n) is 6.05. The van der Waals surface area contributed by atoms with Gasteiger partial charge in [0.05, 0.1) is 30.8 Å². The van der Waals surface area contributed by atoms with E-state index in [9.17, 15) is 0 Å². The maximum Gasteiger partial charge on any atom is 0.145 e. The highest BCUT2D eigenvalue weighted by molar-refractivity contribution is 7.45. The van der Waals surface area contributed by atoms with Gasteiger partial charge in [0.1, 0.15) is 5.82 Å². The monoisotopic (exact) mass is 547 g/mol. The van der Waals surface area contributed by atoms with Crippen molar-refractivity contribution in [1.29, 1.82) is 0 Å². The summed E-state index contributed by atoms with van der Waals surface area (Å²) in [7, 11) is 0. The smallest absolute Gasteiger partial charge is 0.145 e. The van der Waals surface area contributed by atoms with Gasteiger partial charge in [0, 0.05) is 37.8 Å². The van der Waals surface area contributed by atoms with Crippen LogP contribution in [0, 0.1) is 0 Å². The van der Waals surface area contributed by atoms with Crippen molar-refractivity contribution < 1.29 is 0 Å². The van der Waals surface area contributed by atoms with Crippen molar-refractivity contribution in [1.82, 2.24) is 14.1 Å². The molecule has 9 rings (SSSR count). The van der Waals surface area contributed by atoms with E-state index in [4.69, 9.17) is 4.98 Å². The first-order chi connectivity index (χ1) is 19.8. The molecule has 4 heterocycles. The van der Waals surface area contributed by atoms with E-state index in [1.807, 2.05) is 22.7 Å². The minimum atomic E-state index is 0.962. The zero-order chi connectivity index (χ0) is 26.2. The second kappa shape index (κ2) is 8.39. The SMILES string of the molecule is c1ccc(-n2c(-c3ccc4sc5sc6c7ccccc7n(-c7ccccc7)c6c5c4c3)nc3ccccc32)cc1. The van der Waals surface area contributed by atoms with Gasteiger partial charge in [-0.3, -0.25) is 4.57 Å². The zero-order valence-electron chi connectivity index (χ0n) is 21.3. The number of nitrogens with zero attached hydrogens (tertiary/aromatic N) is 3. The van der Waals surface area contributed by atoms with E-state index in [0.29, 0.717) is 0 Å². The highest BCUT2D eigenvalue weighted by atomic mass is 32.2. The van der Waals surface area contributed by atoms with Crippen LogP contribution in [0.5, 0.6) is 0 Å². The maximum absolute atomic E-state index is 5.14. The van der Waals surface area contributed by atoms with Gasteiger partial charge in [0.2, 0.25) is 0 Å². The van der Waals surface area contributed by atoms with E-state index < -0.39 is 0 Å². The molecule has 5 heteroatoms. The van der Waals surface area contributed by atoms with Crippen molar-refractivity contribution in [3.63, 3.8) is 0 Å². The van der Waals surface area contributed by atoms with Crippen LogP contribution >= 0.6 is 22.7 Å². The molecular weight excluding hydrogens is 527 g/mol. The third-order valence-electron chi connectivity index (χ3n) is 7.76. The predicted octanol–water partition coefficient (Wildman–Crippen LogP) is 10.2. The molecule has 4 aromatic heterocycles. The molecule has 0 atom stereocenters. The van der Waals surface area contributed by atoms with Crippen molar-refractivity contribution in [2.45, 2.75) is 0 Å². The topological polar surface area (TPSA) is 22.8 Å². The summed E-state index contributed by atoms with van der Waals surface area (Å²) in [5, 5.41) is 3.93. The number of rotatable bonds is 3. The molecule has 0 aliphatic heterocycles. The van der Waals surface area contributed by atoms with E-state index in [0.717, 1.165) is 28.1 Å². The van der Waals surface area contributed by atoms with Crippen molar-refractivity contribution in [2.75, 3.05) is 0 Å². The normalized spacial score (nSPS) is 12.0. The number of aromatic nitrogens is 3. The average molecular weight is 548 g/mol. The minimum Gasteiger partial charge on any atom is -0.308 e. The number of benzene rings is 5. The van der Waals surface area contributed by atoms with Crippen LogP contribution in [0.4, 0.5) is 0 Å². The molecule has 0 saturated carbocycles. The van der Waals surface area contributed by atoms with E-state index in [1.165, 1.54) is 46.3 Å². The van der Waals surface area contributed by atoms with Crippen molar-refractivity contribution >= 4 is 74.3 Å². The minimum absolute atomic E-state index is 0.962. The summed E-state index contributed by atoms with van der Waals surface area (Å²) < 4.78 is 8.75. The lowest BCUT2D eigenvalue weighted by Crippen LogP contribution is -1.97. The second-order valence-electron chi connectivity index (χ2n) is 10.0. The van der Waals surface area contributed by atoms with Gasteiger partial charge in [-0.25, -0.2) is 4.98 Å². The van der Waals surface area contributed by atoms with Crippen molar-refractivity contribution in [3.8, 4) is 22.8 Å². The summed E-state index contributed by atoms with van der Waals surface area (Å²) in [4.78, 5) is 5.14. The lowest BCUT2D eigenvalue weighted by molar-refractivity contribution is 1.10. The predicted molar refractivity (Wildman–Crippen MR) is 172 cm³/mol. The summed E-state index contributed by atoms with van der Waals surface area (Å²) in [6.45, 7) is 0. The molecular formula is C35H21N3S2. The third kappa shape index (κ3) is 3.07. The molecule has 9 aromatic rings. The lowest BCUT2D eigenvalue weighted by Gasteiger charge is -2.10. The number of thiophene rings is 2. The highest BCUT2D eigenvalue weighted by Crippen LogP contribution is 2.49. The molecule has 0 amide bonds. The Hall–Kier alpha value is -4.71. The number of para-hydroxylation sites is 5. The van der Waals surface area contributed by atoms with E-state index in [1.54, 1.807) is 0 Å². The Morgan fingerprint density at radius 2 is 1.23 bits per heavy atom. The number of hydrogen-bond donors (Lipinski definition) is 0. The molecule has 0 spiro atoms. The Balaban J connectivity index is 1.38. The van der Waals surface area contributed by atoms with E-state index in [2.05, 4.69) is 137 Å².